The quantitative estimate of drug-likeness (QED) is 0.483. The van der Waals surface area contributed by atoms with E-state index in [1.165, 1.54) is 54.0 Å². The van der Waals surface area contributed by atoms with Gasteiger partial charge in [-0.05, 0) is 86.9 Å². The van der Waals surface area contributed by atoms with E-state index in [0.717, 1.165) is 37.1 Å². The van der Waals surface area contributed by atoms with Gasteiger partial charge in [-0.2, -0.15) is 0 Å². The molecule has 0 radical (unpaired) electrons. The van der Waals surface area contributed by atoms with E-state index in [-0.39, 0.29) is 12.1 Å². The summed E-state index contributed by atoms with van der Waals surface area (Å²) in [5.74, 6) is 0. The summed E-state index contributed by atoms with van der Waals surface area (Å²) in [4.78, 5) is 9.63. The van der Waals surface area contributed by atoms with E-state index in [9.17, 15) is 0 Å². The van der Waals surface area contributed by atoms with Crippen molar-refractivity contribution in [3.8, 4) is 5.69 Å². The molecule has 2 aromatic heterocycles. The Morgan fingerprint density at radius 2 is 1.69 bits per heavy atom. The number of aromatic nitrogens is 2. The number of anilines is 1. The van der Waals surface area contributed by atoms with Gasteiger partial charge in [0.1, 0.15) is 0 Å². The molecule has 1 N–H and O–H groups in total. The SMILES string of the molecule is Cc1cc(C2C(c3ccccn3)NC(=S)N2C2CCCC2)c(C)n1-c1ccc(N2CCOCC2)cc1. The highest BCUT2D eigenvalue weighted by atomic mass is 32.1. The van der Waals surface area contributed by atoms with Crippen LogP contribution in [0.1, 0.15) is 60.4 Å². The number of pyridine rings is 1. The Morgan fingerprint density at radius 3 is 2.39 bits per heavy atom. The number of hydrogen-bond donors (Lipinski definition) is 1. The lowest BCUT2D eigenvalue weighted by atomic mass is 9.95. The van der Waals surface area contributed by atoms with Crippen molar-refractivity contribution in [1.82, 2.24) is 19.8 Å². The van der Waals surface area contributed by atoms with Gasteiger partial charge >= 0.3 is 0 Å². The van der Waals surface area contributed by atoms with E-state index >= 15 is 0 Å². The normalized spacial score (nSPS) is 22.9. The number of nitrogens with zero attached hydrogens (tertiary/aromatic N) is 4. The first-order valence-electron chi connectivity index (χ1n) is 13.2. The number of thiocarbonyl (C=S) groups is 1. The standard InChI is InChI=1S/C29H35N5OS/c1-20-19-25(21(2)33(20)24-12-10-22(11-13-24)32-15-17-35-18-16-32)28-27(26-9-5-6-14-30-26)31-29(36)34(28)23-7-3-4-8-23/h5-6,9-14,19,23,27-28H,3-4,7-8,15-18H2,1-2H3,(H,31,36). The van der Waals surface area contributed by atoms with Gasteiger partial charge in [-0.3, -0.25) is 4.98 Å². The van der Waals surface area contributed by atoms with Crippen LogP contribution in [0.3, 0.4) is 0 Å². The monoisotopic (exact) mass is 501 g/mol. The molecule has 2 atom stereocenters. The molecule has 188 valence electrons. The fourth-order valence-corrected chi connectivity index (χ4v) is 6.78. The molecule has 3 aliphatic rings. The van der Waals surface area contributed by atoms with Gasteiger partial charge in [-0.25, -0.2) is 0 Å². The number of morpholine rings is 1. The van der Waals surface area contributed by atoms with E-state index in [0.29, 0.717) is 6.04 Å². The van der Waals surface area contributed by atoms with Crippen molar-refractivity contribution >= 4 is 23.0 Å². The Morgan fingerprint density at radius 1 is 0.972 bits per heavy atom. The second kappa shape index (κ2) is 9.87. The number of aryl methyl sites for hydroxylation is 1. The zero-order chi connectivity index (χ0) is 24.6. The van der Waals surface area contributed by atoms with Crippen LogP contribution in [0.5, 0.6) is 0 Å². The molecule has 1 saturated carbocycles. The summed E-state index contributed by atoms with van der Waals surface area (Å²) < 4.78 is 7.91. The molecule has 3 aromatic rings. The first-order chi connectivity index (χ1) is 17.6. The summed E-state index contributed by atoms with van der Waals surface area (Å²) in [5, 5.41) is 4.52. The van der Waals surface area contributed by atoms with Gasteiger partial charge in [0.2, 0.25) is 0 Å². The van der Waals surface area contributed by atoms with E-state index in [4.69, 9.17) is 21.9 Å². The fourth-order valence-electron chi connectivity index (χ4n) is 6.39. The van der Waals surface area contributed by atoms with E-state index < -0.39 is 0 Å². The van der Waals surface area contributed by atoms with Crippen molar-refractivity contribution in [1.29, 1.82) is 0 Å². The van der Waals surface area contributed by atoms with Crippen LogP contribution in [0.4, 0.5) is 5.69 Å². The average molecular weight is 502 g/mol. The molecule has 7 heteroatoms. The van der Waals surface area contributed by atoms with Gasteiger partial charge in [0.25, 0.3) is 0 Å². The highest BCUT2D eigenvalue weighted by molar-refractivity contribution is 7.80. The van der Waals surface area contributed by atoms with Crippen LogP contribution in [0.15, 0.2) is 54.7 Å². The average Bonchev–Trinajstić information content (AvgIpc) is 3.63. The molecule has 2 unspecified atom stereocenters. The van der Waals surface area contributed by atoms with Crippen molar-refractivity contribution in [3.05, 3.63) is 77.4 Å². The lowest BCUT2D eigenvalue weighted by Crippen LogP contribution is -2.37. The highest BCUT2D eigenvalue weighted by Gasteiger charge is 2.44. The molecule has 2 aliphatic heterocycles. The molecule has 6 nitrogen and oxygen atoms in total. The Bertz CT molecular complexity index is 1210. The van der Waals surface area contributed by atoms with Crippen LogP contribution in [-0.2, 0) is 4.74 Å². The van der Waals surface area contributed by atoms with E-state index in [2.05, 4.69) is 76.0 Å². The molecule has 6 rings (SSSR count). The third-order valence-electron chi connectivity index (χ3n) is 8.13. The highest BCUT2D eigenvalue weighted by Crippen LogP contribution is 2.44. The van der Waals surface area contributed by atoms with Crippen LogP contribution >= 0.6 is 12.2 Å². The van der Waals surface area contributed by atoms with Crippen LogP contribution in [0.2, 0.25) is 0 Å². The van der Waals surface area contributed by atoms with Crippen LogP contribution < -0.4 is 10.2 Å². The number of rotatable bonds is 5. The molecular formula is C29H35N5OS. The maximum atomic E-state index is 5.95. The van der Waals surface area contributed by atoms with Gasteiger partial charge < -0.3 is 24.4 Å². The molecule has 36 heavy (non-hydrogen) atoms. The summed E-state index contributed by atoms with van der Waals surface area (Å²) in [6.07, 6.45) is 6.84. The number of hydrogen-bond acceptors (Lipinski definition) is 4. The zero-order valence-corrected chi connectivity index (χ0v) is 22.0. The fraction of sp³-hybridized carbons (Fsp3) is 0.448. The van der Waals surface area contributed by atoms with Gasteiger partial charge in [0, 0.05) is 48.1 Å². The maximum absolute atomic E-state index is 5.95. The van der Waals surface area contributed by atoms with Gasteiger partial charge in [0.15, 0.2) is 5.11 Å². The number of nitrogens with one attached hydrogen (secondary N) is 1. The van der Waals surface area contributed by atoms with Crippen molar-refractivity contribution in [2.45, 2.75) is 57.7 Å². The second-order valence-electron chi connectivity index (χ2n) is 10.2. The first-order valence-corrected chi connectivity index (χ1v) is 13.6. The lowest BCUT2D eigenvalue weighted by molar-refractivity contribution is 0.122. The van der Waals surface area contributed by atoms with Crippen molar-refractivity contribution in [3.63, 3.8) is 0 Å². The molecule has 4 heterocycles. The van der Waals surface area contributed by atoms with Crippen molar-refractivity contribution in [2.24, 2.45) is 0 Å². The summed E-state index contributed by atoms with van der Waals surface area (Å²) >= 11 is 5.95. The Balaban J connectivity index is 1.38. The van der Waals surface area contributed by atoms with Gasteiger partial charge in [-0.15, -0.1) is 0 Å². The third-order valence-corrected chi connectivity index (χ3v) is 8.46. The van der Waals surface area contributed by atoms with Gasteiger partial charge in [-0.1, -0.05) is 18.9 Å². The molecular weight excluding hydrogens is 466 g/mol. The molecule has 1 aromatic carbocycles. The molecule has 0 bridgehead atoms. The van der Waals surface area contributed by atoms with Crippen LogP contribution in [0, 0.1) is 13.8 Å². The van der Waals surface area contributed by atoms with Crippen molar-refractivity contribution < 1.29 is 4.74 Å². The van der Waals surface area contributed by atoms with E-state index in [1.807, 2.05) is 12.3 Å². The summed E-state index contributed by atoms with van der Waals surface area (Å²) in [6.45, 7) is 7.96. The van der Waals surface area contributed by atoms with Gasteiger partial charge in [0.05, 0.1) is 31.0 Å². The number of ether oxygens (including phenoxy) is 1. The van der Waals surface area contributed by atoms with Crippen LogP contribution in [0.25, 0.3) is 5.69 Å². The molecule has 2 saturated heterocycles. The van der Waals surface area contributed by atoms with Crippen LogP contribution in [-0.4, -0.2) is 51.9 Å². The second-order valence-corrected chi connectivity index (χ2v) is 10.6. The largest absolute Gasteiger partial charge is 0.378 e. The molecule has 3 fully saturated rings. The topological polar surface area (TPSA) is 45.6 Å². The molecule has 0 amide bonds. The minimum Gasteiger partial charge on any atom is -0.378 e. The Hall–Kier alpha value is -2.90. The maximum Gasteiger partial charge on any atom is 0.170 e. The first kappa shape index (κ1) is 23.5. The molecule has 1 aliphatic carbocycles. The summed E-state index contributed by atoms with van der Waals surface area (Å²) in [5.41, 5.74) is 7.35. The Labute approximate surface area is 219 Å². The smallest absolute Gasteiger partial charge is 0.170 e. The Kier molecular flexibility index (Phi) is 6.44. The predicted octanol–water partition coefficient (Wildman–Crippen LogP) is 5.24. The van der Waals surface area contributed by atoms with Crippen molar-refractivity contribution in [2.75, 3.05) is 31.2 Å². The van der Waals surface area contributed by atoms with E-state index in [1.54, 1.807) is 0 Å². The summed E-state index contributed by atoms with van der Waals surface area (Å²) in [7, 11) is 0. The zero-order valence-electron chi connectivity index (χ0n) is 21.2. The molecule has 0 spiro atoms. The number of benzene rings is 1. The third kappa shape index (κ3) is 4.18. The summed E-state index contributed by atoms with van der Waals surface area (Å²) in [6, 6.07) is 18.2. The minimum absolute atomic E-state index is 0.0388. The predicted molar refractivity (Wildman–Crippen MR) is 148 cm³/mol. The lowest BCUT2D eigenvalue weighted by Gasteiger charge is -2.33. The minimum atomic E-state index is 0.0388.